The average Bonchev–Trinajstić information content (AvgIpc) is 2.96. The Morgan fingerprint density at radius 1 is 1.05 bits per heavy atom. The Kier molecular flexibility index (Phi) is 8.93. The summed E-state index contributed by atoms with van der Waals surface area (Å²) in [6.45, 7) is 0.863. The number of aromatic nitrogens is 1. The zero-order chi connectivity index (χ0) is 27.0. The highest BCUT2D eigenvalue weighted by atomic mass is 35.5. The highest BCUT2D eigenvalue weighted by Crippen LogP contribution is 2.31. The molecule has 3 amide bonds. The normalized spacial score (nSPS) is 14.4. The van der Waals surface area contributed by atoms with Crippen LogP contribution in [0.15, 0.2) is 72.9 Å². The summed E-state index contributed by atoms with van der Waals surface area (Å²) in [4.78, 5) is 44.7. The zero-order valence-corrected chi connectivity index (χ0v) is 21.6. The average molecular weight is 536 g/mol. The second kappa shape index (κ2) is 12.5. The van der Waals surface area contributed by atoms with E-state index in [2.05, 4.69) is 10.3 Å². The highest BCUT2D eigenvalue weighted by molar-refractivity contribution is 6.31. The number of halogens is 1. The molecule has 0 aliphatic carbocycles. The van der Waals surface area contributed by atoms with E-state index in [9.17, 15) is 14.4 Å². The number of nitrogens with two attached hydrogens (primary N) is 1. The van der Waals surface area contributed by atoms with Crippen molar-refractivity contribution in [2.75, 3.05) is 31.6 Å². The Hall–Kier alpha value is -3.95. The summed E-state index contributed by atoms with van der Waals surface area (Å²) < 4.78 is 5.62. The summed E-state index contributed by atoms with van der Waals surface area (Å²) in [5.74, 6) is 0.182. The van der Waals surface area contributed by atoms with E-state index < -0.39 is 11.6 Å². The number of rotatable bonds is 9. The van der Waals surface area contributed by atoms with Gasteiger partial charge in [0.1, 0.15) is 12.4 Å². The van der Waals surface area contributed by atoms with Gasteiger partial charge in [0.05, 0.1) is 12.1 Å². The van der Waals surface area contributed by atoms with Crippen molar-refractivity contribution >= 4 is 35.8 Å². The molecule has 1 saturated heterocycles. The van der Waals surface area contributed by atoms with Crippen molar-refractivity contribution in [2.24, 2.45) is 5.73 Å². The standard InChI is InChI=1S/C28H30ClN5O4/c29-24-9-5-4-8-23(24)18-34(20-35)28(12-14-33(15-13-28)26(36)16-30)19-38-27(37)32-25-11-10-22(17-31-25)21-6-2-1-3-7-21/h1-11,17,20H,12-16,18-19,30H2,(H,31,32,37). The maximum atomic E-state index is 12.7. The first-order chi connectivity index (χ1) is 18.4. The molecule has 1 fully saturated rings. The minimum Gasteiger partial charge on any atom is -0.447 e. The Morgan fingerprint density at radius 3 is 2.39 bits per heavy atom. The van der Waals surface area contributed by atoms with E-state index >= 15 is 0 Å². The van der Waals surface area contributed by atoms with Crippen LogP contribution < -0.4 is 11.1 Å². The lowest BCUT2D eigenvalue weighted by molar-refractivity contribution is -0.137. The van der Waals surface area contributed by atoms with Crippen LogP contribution in [-0.4, -0.2) is 65.0 Å². The predicted octanol–water partition coefficient (Wildman–Crippen LogP) is 3.93. The number of benzene rings is 2. The van der Waals surface area contributed by atoms with Gasteiger partial charge in [0.25, 0.3) is 0 Å². The van der Waals surface area contributed by atoms with Crippen LogP contribution in [0.5, 0.6) is 0 Å². The summed E-state index contributed by atoms with van der Waals surface area (Å²) in [6.07, 6.45) is 2.56. The molecule has 1 aliphatic rings. The molecule has 0 bridgehead atoms. The van der Waals surface area contributed by atoms with Gasteiger partial charge in [-0.15, -0.1) is 0 Å². The fourth-order valence-corrected chi connectivity index (χ4v) is 4.75. The van der Waals surface area contributed by atoms with E-state index in [0.717, 1.165) is 23.1 Å². The number of amides is 3. The second-order valence-corrected chi connectivity index (χ2v) is 9.54. The van der Waals surface area contributed by atoms with Crippen LogP contribution in [0.3, 0.4) is 0 Å². The number of carbonyl (C=O) groups is 3. The van der Waals surface area contributed by atoms with Gasteiger partial charge in [-0.1, -0.05) is 60.1 Å². The first-order valence-electron chi connectivity index (χ1n) is 12.3. The molecule has 38 heavy (non-hydrogen) atoms. The minimum atomic E-state index is -0.825. The SMILES string of the molecule is NCC(=O)N1CCC(COC(=O)Nc2ccc(-c3ccccc3)cn2)(N(C=O)Cc2ccccc2Cl)CC1. The number of hydrogen-bond acceptors (Lipinski definition) is 6. The lowest BCUT2D eigenvalue weighted by Crippen LogP contribution is -2.59. The highest BCUT2D eigenvalue weighted by Gasteiger charge is 2.42. The molecule has 0 atom stereocenters. The van der Waals surface area contributed by atoms with Crippen LogP contribution >= 0.6 is 11.6 Å². The number of anilines is 1. The Balaban J connectivity index is 1.45. The van der Waals surface area contributed by atoms with E-state index in [-0.39, 0.29) is 25.6 Å². The van der Waals surface area contributed by atoms with Crippen molar-refractivity contribution in [3.8, 4) is 11.1 Å². The van der Waals surface area contributed by atoms with Crippen LogP contribution in [0.1, 0.15) is 18.4 Å². The summed E-state index contributed by atoms with van der Waals surface area (Å²) in [7, 11) is 0. The van der Waals surface area contributed by atoms with Gasteiger partial charge in [0.2, 0.25) is 12.3 Å². The number of piperidine rings is 1. The van der Waals surface area contributed by atoms with E-state index in [4.69, 9.17) is 22.1 Å². The summed E-state index contributed by atoms with van der Waals surface area (Å²) in [5.41, 5.74) is 7.42. The Morgan fingerprint density at radius 2 is 1.76 bits per heavy atom. The van der Waals surface area contributed by atoms with Crippen molar-refractivity contribution in [2.45, 2.75) is 24.9 Å². The van der Waals surface area contributed by atoms with Gasteiger partial charge in [-0.25, -0.2) is 9.78 Å². The first-order valence-corrected chi connectivity index (χ1v) is 12.7. The molecule has 1 aliphatic heterocycles. The lowest BCUT2D eigenvalue weighted by Gasteiger charge is -2.46. The number of hydrogen-bond donors (Lipinski definition) is 2. The molecule has 1 aromatic heterocycles. The number of pyridine rings is 1. The van der Waals surface area contributed by atoms with Crippen molar-refractivity contribution in [3.63, 3.8) is 0 Å². The fraction of sp³-hybridized carbons (Fsp3) is 0.286. The maximum Gasteiger partial charge on any atom is 0.412 e. The molecule has 3 aromatic rings. The third-order valence-corrected chi connectivity index (χ3v) is 7.20. The molecule has 3 N–H and O–H groups in total. The predicted molar refractivity (Wildman–Crippen MR) is 145 cm³/mol. The van der Waals surface area contributed by atoms with E-state index in [1.165, 1.54) is 0 Å². The van der Waals surface area contributed by atoms with Gasteiger partial charge in [0, 0.05) is 36.4 Å². The summed E-state index contributed by atoms with van der Waals surface area (Å²) in [5, 5.41) is 3.18. The Labute approximate surface area is 226 Å². The van der Waals surface area contributed by atoms with Crippen molar-refractivity contribution in [3.05, 3.63) is 83.5 Å². The molecule has 0 spiro atoms. The third kappa shape index (κ3) is 6.48. The first kappa shape index (κ1) is 27.1. The van der Waals surface area contributed by atoms with Crippen LogP contribution in [0.2, 0.25) is 5.02 Å². The van der Waals surface area contributed by atoms with Gasteiger partial charge in [0.15, 0.2) is 0 Å². The number of ether oxygens (including phenoxy) is 1. The van der Waals surface area contributed by atoms with Gasteiger partial charge in [-0.3, -0.25) is 14.9 Å². The van der Waals surface area contributed by atoms with Crippen molar-refractivity contribution < 1.29 is 19.1 Å². The number of carbonyl (C=O) groups excluding carboxylic acids is 3. The number of likely N-dealkylation sites (tertiary alicyclic amines) is 1. The summed E-state index contributed by atoms with van der Waals surface area (Å²) >= 11 is 6.35. The van der Waals surface area contributed by atoms with Crippen molar-refractivity contribution in [1.82, 2.24) is 14.8 Å². The molecule has 9 nitrogen and oxygen atoms in total. The van der Waals surface area contributed by atoms with Crippen LogP contribution in [0.4, 0.5) is 10.6 Å². The number of nitrogens with zero attached hydrogens (tertiary/aromatic N) is 3. The lowest BCUT2D eigenvalue weighted by atomic mass is 9.86. The van der Waals surface area contributed by atoms with Crippen LogP contribution in [0.25, 0.3) is 11.1 Å². The molecule has 198 valence electrons. The van der Waals surface area contributed by atoms with Gasteiger partial charge < -0.3 is 20.3 Å². The van der Waals surface area contributed by atoms with Gasteiger partial charge >= 0.3 is 6.09 Å². The molecule has 10 heteroatoms. The van der Waals surface area contributed by atoms with Gasteiger partial charge in [-0.05, 0) is 42.2 Å². The molecular weight excluding hydrogens is 506 g/mol. The molecule has 0 saturated carbocycles. The largest absolute Gasteiger partial charge is 0.447 e. The minimum absolute atomic E-state index is 0.0607. The van der Waals surface area contributed by atoms with E-state index in [1.54, 1.807) is 28.1 Å². The quantitative estimate of drug-likeness (QED) is 0.401. The summed E-state index contributed by atoms with van der Waals surface area (Å²) in [6, 6.07) is 20.6. The van der Waals surface area contributed by atoms with Crippen molar-refractivity contribution in [1.29, 1.82) is 0 Å². The smallest absolute Gasteiger partial charge is 0.412 e. The fourth-order valence-electron chi connectivity index (χ4n) is 4.55. The molecule has 0 unspecified atom stereocenters. The zero-order valence-electron chi connectivity index (χ0n) is 20.9. The van der Waals surface area contributed by atoms with E-state index in [0.29, 0.717) is 36.8 Å². The monoisotopic (exact) mass is 535 g/mol. The van der Waals surface area contributed by atoms with Gasteiger partial charge in [-0.2, -0.15) is 0 Å². The third-order valence-electron chi connectivity index (χ3n) is 6.83. The topological polar surface area (TPSA) is 118 Å². The van der Waals surface area contributed by atoms with E-state index in [1.807, 2.05) is 54.6 Å². The van der Waals surface area contributed by atoms with Crippen LogP contribution in [0, 0.1) is 0 Å². The Bertz CT molecular complexity index is 1250. The molecule has 0 radical (unpaired) electrons. The molecule has 2 heterocycles. The molecule has 2 aromatic carbocycles. The molecule has 4 rings (SSSR count). The molecular formula is C28H30ClN5O4. The maximum absolute atomic E-state index is 12.7. The number of nitrogens with one attached hydrogen (secondary N) is 1. The van der Waals surface area contributed by atoms with Crippen LogP contribution in [-0.2, 0) is 20.9 Å². The second-order valence-electron chi connectivity index (χ2n) is 9.13.